The van der Waals surface area contributed by atoms with E-state index in [4.69, 9.17) is 39.0 Å². The van der Waals surface area contributed by atoms with Crippen molar-refractivity contribution in [3.8, 4) is 0 Å². The molecule has 5 N–H and O–H groups in total. The van der Waals surface area contributed by atoms with Crippen LogP contribution in [0.3, 0.4) is 0 Å². The molecule has 0 rings (SSSR count). The molecule has 0 saturated heterocycles. The standard InChI is InChI=1S/C5H12Cl3NSi.H3N/c1-2-5(3-4-9)10(6,7)8;/h5H,2-4,9H2,1H3;1H3. The summed E-state index contributed by atoms with van der Waals surface area (Å²) in [5.41, 5.74) is 5.57. The fourth-order valence-corrected chi connectivity index (χ4v) is 4.13. The molecule has 1 atom stereocenters. The molecule has 11 heavy (non-hydrogen) atoms. The van der Waals surface area contributed by atoms with Crippen LogP contribution in [0.5, 0.6) is 0 Å². The van der Waals surface area contributed by atoms with E-state index in [1.165, 1.54) is 0 Å². The smallest absolute Gasteiger partial charge is 0.344 e. The second kappa shape index (κ2) is 6.52. The molecule has 0 aliphatic rings. The summed E-state index contributed by atoms with van der Waals surface area (Å²) in [7, 11) is 0. The van der Waals surface area contributed by atoms with Crippen molar-refractivity contribution in [1.29, 1.82) is 0 Å². The minimum Gasteiger partial charge on any atom is -0.344 e. The van der Waals surface area contributed by atoms with Crippen molar-refractivity contribution in [2.45, 2.75) is 25.3 Å². The zero-order chi connectivity index (χ0) is 8.20. The molecule has 0 aromatic rings. The molecular weight excluding hydrogens is 223 g/mol. The molecule has 0 saturated carbocycles. The third-order valence-corrected chi connectivity index (χ3v) is 5.87. The molecule has 0 bridgehead atoms. The van der Waals surface area contributed by atoms with E-state index < -0.39 is 6.00 Å². The average molecular weight is 238 g/mol. The van der Waals surface area contributed by atoms with Gasteiger partial charge in [-0.05, 0) is 18.5 Å². The van der Waals surface area contributed by atoms with Crippen LogP contribution < -0.4 is 11.9 Å². The maximum Gasteiger partial charge on any atom is 0.344 e. The van der Waals surface area contributed by atoms with Crippen LogP contribution in [0.2, 0.25) is 5.54 Å². The molecule has 0 aliphatic carbocycles. The number of hydrogen-bond donors (Lipinski definition) is 2. The van der Waals surface area contributed by atoms with Gasteiger partial charge in [0.1, 0.15) is 0 Å². The minimum absolute atomic E-state index is 0. The predicted molar refractivity (Wildman–Crippen MR) is 56.0 cm³/mol. The summed E-state index contributed by atoms with van der Waals surface area (Å²) in [6.45, 7) is 2.63. The van der Waals surface area contributed by atoms with Crippen molar-refractivity contribution in [1.82, 2.24) is 6.15 Å². The molecule has 0 heterocycles. The van der Waals surface area contributed by atoms with Gasteiger partial charge >= 0.3 is 6.00 Å². The fraction of sp³-hybridized carbons (Fsp3) is 1.00. The third-order valence-electron chi connectivity index (χ3n) is 1.47. The van der Waals surface area contributed by atoms with Gasteiger partial charge in [0.2, 0.25) is 0 Å². The van der Waals surface area contributed by atoms with Gasteiger partial charge in [-0.2, -0.15) is 0 Å². The van der Waals surface area contributed by atoms with E-state index >= 15 is 0 Å². The van der Waals surface area contributed by atoms with Crippen LogP contribution in [0.1, 0.15) is 19.8 Å². The second-order valence-electron chi connectivity index (χ2n) is 2.22. The first kappa shape index (κ1) is 14.5. The Hall–Kier alpha value is 1.01. The van der Waals surface area contributed by atoms with Gasteiger partial charge in [0.25, 0.3) is 0 Å². The number of nitrogens with two attached hydrogens (primary N) is 1. The lowest BCUT2D eigenvalue weighted by Crippen LogP contribution is -2.21. The van der Waals surface area contributed by atoms with Crippen molar-refractivity contribution in [3.63, 3.8) is 0 Å². The van der Waals surface area contributed by atoms with Crippen LogP contribution in [0, 0.1) is 0 Å². The summed E-state index contributed by atoms with van der Waals surface area (Å²) in [5.74, 6) is 0. The van der Waals surface area contributed by atoms with Crippen LogP contribution in [-0.4, -0.2) is 12.5 Å². The van der Waals surface area contributed by atoms with Gasteiger partial charge in [-0.25, -0.2) is 0 Å². The van der Waals surface area contributed by atoms with E-state index in [0.29, 0.717) is 6.54 Å². The molecule has 0 radical (unpaired) electrons. The first-order valence-corrected chi connectivity index (χ1v) is 8.40. The first-order chi connectivity index (χ1) is 4.52. The maximum atomic E-state index is 5.79. The van der Waals surface area contributed by atoms with Gasteiger partial charge in [0, 0.05) is 0 Å². The Morgan fingerprint density at radius 3 is 1.91 bits per heavy atom. The summed E-state index contributed by atoms with van der Waals surface area (Å²) in [6.07, 6.45) is 1.75. The van der Waals surface area contributed by atoms with Crippen molar-refractivity contribution < 1.29 is 0 Å². The summed E-state index contributed by atoms with van der Waals surface area (Å²) in [5, 5.41) is 0. The minimum atomic E-state index is -2.47. The van der Waals surface area contributed by atoms with Crippen molar-refractivity contribution in [2.75, 3.05) is 6.54 Å². The Morgan fingerprint density at radius 2 is 1.82 bits per heavy atom. The second-order valence-corrected chi connectivity index (χ2v) is 11.2. The normalized spacial score (nSPS) is 13.9. The Balaban J connectivity index is 0. The highest BCUT2D eigenvalue weighted by atomic mass is 35.8. The Labute approximate surface area is 83.1 Å². The lowest BCUT2D eigenvalue weighted by Gasteiger charge is -2.19. The highest BCUT2D eigenvalue weighted by Gasteiger charge is 2.34. The van der Waals surface area contributed by atoms with E-state index in [-0.39, 0.29) is 11.7 Å². The maximum absolute atomic E-state index is 5.79. The van der Waals surface area contributed by atoms with E-state index in [2.05, 4.69) is 0 Å². The lowest BCUT2D eigenvalue weighted by molar-refractivity contribution is 0.717. The molecule has 1 unspecified atom stereocenters. The van der Waals surface area contributed by atoms with Crippen LogP contribution in [-0.2, 0) is 0 Å². The molecule has 0 aliphatic heterocycles. The first-order valence-electron chi connectivity index (χ1n) is 3.29. The fourth-order valence-electron chi connectivity index (χ4n) is 0.800. The van der Waals surface area contributed by atoms with Crippen LogP contribution in [0.4, 0.5) is 0 Å². The average Bonchev–Trinajstić information content (AvgIpc) is 1.80. The SMILES string of the molecule is CCC(CCN)[Si](Cl)(Cl)Cl.N. The van der Waals surface area contributed by atoms with E-state index in [1.54, 1.807) is 0 Å². The zero-order valence-corrected chi connectivity index (χ0v) is 9.88. The highest BCUT2D eigenvalue weighted by molar-refractivity contribution is 7.65. The zero-order valence-electron chi connectivity index (χ0n) is 6.62. The summed E-state index contributed by atoms with van der Waals surface area (Å²) in [6, 6.07) is -2.47. The number of hydrogen-bond acceptors (Lipinski definition) is 2. The lowest BCUT2D eigenvalue weighted by atomic mass is 10.2. The molecule has 6 heteroatoms. The molecule has 2 nitrogen and oxygen atoms in total. The van der Waals surface area contributed by atoms with Crippen LogP contribution in [0.15, 0.2) is 0 Å². The van der Waals surface area contributed by atoms with Crippen molar-refractivity contribution in [3.05, 3.63) is 0 Å². The van der Waals surface area contributed by atoms with E-state index in [9.17, 15) is 0 Å². The van der Waals surface area contributed by atoms with Gasteiger partial charge in [-0.15, -0.1) is 33.2 Å². The van der Waals surface area contributed by atoms with Gasteiger partial charge in [-0.3, -0.25) is 0 Å². The van der Waals surface area contributed by atoms with Crippen molar-refractivity contribution in [2.24, 2.45) is 5.73 Å². The number of halogens is 3. The van der Waals surface area contributed by atoms with Gasteiger partial charge in [0.15, 0.2) is 0 Å². The topological polar surface area (TPSA) is 61.0 Å². The quantitative estimate of drug-likeness (QED) is 0.583. The molecule has 70 valence electrons. The molecule has 0 spiro atoms. The Kier molecular flexibility index (Phi) is 8.60. The van der Waals surface area contributed by atoms with Gasteiger partial charge in [0.05, 0.1) is 0 Å². The van der Waals surface area contributed by atoms with E-state index in [1.807, 2.05) is 6.92 Å². The molecule has 0 aromatic carbocycles. The van der Waals surface area contributed by atoms with Crippen molar-refractivity contribution >= 4 is 39.2 Å². The number of rotatable bonds is 4. The molecule has 0 aromatic heterocycles. The summed E-state index contributed by atoms with van der Waals surface area (Å²) < 4.78 is 0. The Bertz CT molecular complexity index is 96.2. The highest BCUT2D eigenvalue weighted by Crippen LogP contribution is 2.38. The monoisotopic (exact) mass is 236 g/mol. The van der Waals surface area contributed by atoms with Gasteiger partial charge < -0.3 is 11.9 Å². The Morgan fingerprint density at radius 1 is 1.36 bits per heavy atom. The molecule has 0 amide bonds. The largest absolute Gasteiger partial charge is 0.344 e. The van der Waals surface area contributed by atoms with Crippen LogP contribution >= 0.6 is 33.2 Å². The molecule has 0 fully saturated rings. The third kappa shape index (κ3) is 6.19. The predicted octanol–water partition coefficient (Wildman–Crippen LogP) is 2.93. The molecular formula is C5H15Cl3N2Si. The van der Waals surface area contributed by atoms with Crippen LogP contribution in [0.25, 0.3) is 0 Å². The summed E-state index contributed by atoms with van der Waals surface area (Å²) >= 11 is 17.4. The van der Waals surface area contributed by atoms with Gasteiger partial charge in [-0.1, -0.05) is 13.3 Å². The van der Waals surface area contributed by atoms with E-state index in [0.717, 1.165) is 12.8 Å². The summed E-state index contributed by atoms with van der Waals surface area (Å²) in [4.78, 5) is 0.